The van der Waals surface area contributed by atoms with Crippen LogP contribution in [0.2, 0.25) is 0 Å². The van der Waals surface area contributed by atoms with Gasteiger partial charge in [-0.3, -0.25) is 4.79 Å². The van der Waals surface area contributed by atoms with E-state index in [1.165, 1.54) is 36.8 Å². The van der Waals surface area contributed by atoms with Gasteiger partial charge in [0.05, 0.1) is 0 Å². The van der Waals surface area contributed by atoms with Crippen LogP contribution >= 0.6 is 0 Å². The number of rotatable bonds is 7. The molecule has 0 atom stereocenters. The van der Waals surface area contributed by atoms with Crippen LogP contribution in [0.4, 0.5) is 5.69 Å². The molecule has 0 saturated carbocycles. The minimum absolute atomic E-state index is 0.0543. The lowest BCUT2D eigenvalue weighted by molar-refractivity contribution is 0.102. The fraction of sp³-hybridized carbons (Fsp3) is 0.350. The molecule has 0 spiro atoms. The molecule has 0 saturated heterocycles. The number of carbonyl (C=O) groups excluding carboxylic acids is 1. The second-order valence-electron chi connectivity index (χ2n) is 5.83. The SMILES string of the molecule is CCCCCCc1ccc(C(=O)Nc2ccc(C)cc2)cc1. The lowest BCUT2D eigenvalue weighted by Gasteiger charge is -2.07. The van der Waals surface area contributed by atoms with Gasteiger partial charge in [-0.25, -0.2) is 0 Å². The number of unbranched alkanes of at least 4 members (excludes halogenated alkanes) is 3. The Labute approximate surface area is 133 Å². The maximum atomic E-state index is 12.2. The third kappa shape index (κ3) is 5.03. The van der Waals surface area contributed by atoms with E-state index < -0.39 is 0 Å². The number of benzene rings is 2. The van der Waals surface area contributed by atoms with E-state index in [-0.39, 0.29) is 5.91 Å². The van der Waals surface area contributed by atoms with E-state index in [4.69, 9.17) is 0 Å². The molecule has 0 aliphatic heterocycles. The highest BCUT2D eigenvalue weighted by molar-refractivity contribution is 6.04. The molecular weight excluding hydrogens is 270 g/mol. The van der Waals surface area contributed by atoms with Crippen molar-refractivity contribution in [2.24, 2.45) is 0 Å². The number of hydrogen-bond donors (Lipinski definition) is 1. The molecule has 0 aromatic heterocycles. The van der Waals surface area contributed by atoms with Gasteiger partial charge in [-0.2, -0.15) is 0 Å². The Bertz CT molecular complexity index is 584. The molecule has 1 amide bonds. The van der Waals surface area contributed by atoms with Gasteiger partial charge < -0.3 is 5.32 Å². The molecular formula is C20H25NO. The Morgan fingerprint density at radius 3 is 2.23 bits per heavy atom. The second-order valence-corrected chi connectivity index (χ2v) is 5.83. The zero-order valence-electron chi connectivity index (χ0n) is 13.6. The molecule has 116 valence electrons. The largest absolute Gasteiger partial charge is 0.322 e. The lowest BCUT2D eigenvalue weighted by Crippen LogP contribution is -2.11. The minimum atomic E-state index is -0.0543. The monoisotopic (exact) mass is 295 g/mol. The topological polar surface area (TPSA) is 29.1 Å². The summed E-state index contributed by atoms with van der Waals surface area (Å²) >= 11 is 0. The van der Waals surface area contributed by atoms with Crippen LogP contribution < -0.4 is 5.32 Å². The van der Waals surface area contributed by atoms with Gasteiger partial charge in [-0.1, -0.05) is 56.0 Å². The molecule has 2 heteroatoms. The van der Waals surface area contributed by atoms with E-state index in [0.717, 1.165) is 12.1 Å². The van der Waals surface area contributed by atoms with Crippen molar-refractivity contribution in [2.75, 3.05) is 5.32 Å². The van der Waals surface area contributed by atoms with Gasteiger partial charge in [-0.05, 0) is 49.6 Å². The van der Waals surface area contributed by atoms with E-state index in [9.17, 15) is 4.79 Å². The van der Waals surface area contributed by atoms with Gasteiger partial charge in [0.1, 0.15) is 0 Å². The van der Waals surface area contributed by atoms with Crippen molar-refractivity contribution in [3.63, 3.8) is 0 Å². The van der Waals surface area contributed by atoms with Gasteiger partial charge in [-0.15, -0.1) is 0 Å². The van der Waals surface area contributed by atoms with Crippen LogP contribution in [-0.2, 0) is 6.42 Å². The van der Waals surface area contributed by atoms with Crippen molar-refractivity contribution in [3.8, 4) is 0 Å². The van der Waals surface area contributed by atoms with Crippen LogP contribution in [-0.4, -0.2) is 5.91 Å². The summed E-state index contributed by atoms with van der Waals surface area (Å²) in [6.45, 7) is 4.26. The van der Waals surface area contributed by atoms with Gasteiger partial charge in [0.15, 0.2) is 0 Å². The fourth-order valence-corrected chi connectivity index (χ4v) is 2.42. The minimum Gasteiger partial charge on any atom is -0.322 e. The lowest BCUT2D eigenvalue weighted by atomic mass is 10.0. The summed E-state index contributed by atoms with van der Waals surface area (Å²) in [5, 5.41) is 2.93. The Kier molecular flexibility index (Phi) is 6.20. The van der Waals surface area contributed by atoms with Gasteiger partial charge in [0.2, 0.25) is 0 Å². The van der Waals surface area contributed by atoms with Crippen molar-refractivity contribution in [3.05, 3.63) is 65.2 Å². The number of nitrogens with one attached hydrogen (secondary N) is 1. The first-order valence-corrected chi connectivity index (χ1v) is 8.16. The highest BCUT2D eigenvalue weighted by Crippen LogP contribution is 2.13. The smallest absolute Gasteiger partial charge is 0.255 e. The predicted octanol–water partition coefficient (Wildman–Crippen LogP) is 5.37. The number of carbonyl (C=O) groups is 1. The van der Waals surface area contributed by atoms with Gasteiger partial charge in [0, 0.05) is 11.3 Å². The first-order chi connectivity index (χ1) is 10.7. The maximum Gasteiger partial charge on any atom is 0.255 e. The number of hydrogen-bond acceptors (Lipinski definition) is 1. The maximum absolute atomic E-state index is 12.2. The molecule has 0 unspecified atom stereocenters. The first-order valence-electron chi connectivity index (χ1n) is 8.16. The predicted molar refractivity (Wildman–Crippen MR) is 93.4 cm³/mol. The van der Waals surface area contributed by atoms with Crippen molar-refractivity contribution in [2.45, 2.75) is 46.0 Å². The Morgan fingerprint density at radius 2 is 1.59 bits per heavy atom. The summed E-state index contributed by atoms with van der Waals surface area (Å²) in [6.07, 6.45) is 6.17. The molecule has 0 bridgehead atoms. The third-order valence-corrected chi connectivity index (χ3v) is 3.84. The summed E-state index contributed by atoms with van der Waals surface area (Å²) < 4.78 is 0. The molecule has 0 fully saturated rings. The van der Waals surface area contributed by atoms with E-state index in [1.807, 2.05) is 43.3 Å². The molecule has 0 radical (unpaired) electrons. The first kappa shape index (κ1) is 16.3. The summed E-state index contributed by atoms with van der Waals surface area (Å²) in [4.78, 5) is 12.2. The third-order valence-electron chi connectivity index (χ3n) is 3.84. The zero-order chi connectivity index (χ0) is 15.8. The summed E-state index contributed by atoms with van der Waals surface area (Å²) in [5.74, 6) is -0.0543. The highest BCUT2D eigenvalue weighted by atomic mass is 16.1. The zero-order valence-corrected chi connectivity index (χ0v) is 13.6. The molecule has 0 heterocycles. The molecule has 2 aromatic rings. The van der Waals surface area contributed by atoms with Crippen molar-refractivity contribution >= 4 is 11.6 Å². The molecule has 0 aliphatic carbocycles. The van der Waals surface area contributed by atoms with Gasteiger partial charge >= 0.3 is 0 Å². The van der Waals surface area contributed by atoms with E-state index >= 15 is 0 Å². The van der Waals surface area contributed by atoms with Crippen LogP contribution in [0.3, 0.4) is 0 Å². The number of amides is 1. The van der Waals surface area contributed by atoms with Crippen LogP contribution in [0.15, 0.2) is 48.5 Å². The van der Waals surface area contributed by atoms with Crippen molar-refractivity contribution < 1.29 is 4.79 Å². The van der Waals surface area contributed by atoms with E-state index in [0.29, 0.717) is 5.56 Å². The summed E-state index contributed by atoms with van der Waals surface area (Å²) in [6, 6.07) is 15.8. The number of anilines is 1. The molecule has 2 rings (SSSR count). The molecule has 0 aliphatic rings. The van der Waals surface area contributed by atoms with Crippen molar-refractivity contribution in [1.82, 2.24) is 0 Å². The van der Waals surface area contributed by atoms with Crippen molar-refractivity contribution in [1.29, 1.82) is 0 Å². The van der Waals surface area contributed by atoms with Crippen LogP contribution in [0.1, 0.15) is 54.1 Å². The fourth-order valence-electron chi connectivity index (χ4n) is 2.42. The Morgan fingerprint density at radius 1 is 0.909 bits per heavy atom. The molecule has 22 heavy (non-hydrogen) atoms. The van der Waals surface area contributed by atoms with E-state index in [2.05, 4.69) is 24.4 Å². The summed E-state index contributed by atoms with van der Waals surface area (Å²) in [7, 11) is 0. The Balaban J connectivity index is 1.89. The Hall–Kier alpha value is -2.09. The van der Waals surface area contributed by atoms with E-state index in [1.54, 1.807) is 0 Å². The number of aryl methyl sites for hydroxylation is 2. The van der Waals surface area contributed by atoms with Crippen LogP contribution in [0, 0.1) is 6.92 Å². The molecule has 2 nitrogen and oxygen atoms in total. The summed E-state index contributed by atoms with van der Waals surface area (Å²) in [5.41, 5.74) is 4.03. The molecule has 2 aromatic carbocycles. The average Bonchev–Trinajstić information content (AvgIpc) is 2.54. The molecule has 1 N–H and O–H groups in total. The second kappa shape index (κ2) is 8.38. The van der Waals surface area contributed by atoms with Crippen LogP contribution in [0.5, 0.6) is 0 Å². The highest BCUT2D eigenvalue weighted by Gasteiger charge is 2.05. The quantitative estimate of drug-likeness (QED) is 0.683. The standard InChI is InChI=1S/C20H25NO/c1-3-4-5-6-7-17-10-12-18(13-11-17)20(22)21-19-14-8-16(2)9-15-19/h8-15H,3-7H2,1-2H3,(H,21,22). The average molecular weight is 295 g/mol. The van der Waals surface area contributed by atoms with Gasteiger partial charge in [0.25, 0.3) is 5.91 Å². The normalized spacial score (nSPS) is 10.5. The van der Waals surface area contributed by atoms with Crippen LogP contribution in [0.25, 0.3) is 0 Å².